The van der Waals surface area contributed by atoms with Crippen molar-refractivity contribution in [3.8, 4) is 0 Å². The molecular weight excluding hydrogens is 252 g/mol. The van der Waals surface area contributed by atoms with E-state index in [2.05, 4.69) is 72.1 Å². The van der Waals surface area contributed by atoms with Crippen LogP contribution in [0, 0.1) is 12.3 Å². The number of benzene rings is 1. The lowest BCUT2D eigenvalue weighted by Crippen LogP contribution is -2.10. The zero-order valence-electron chi connectivity index (χ0n) is 14.4. The first-order valence-corrected chi connectivity index (χ1v) is 7.46. The summed E-state index contributed by atoms with van der Waals surface area (Å²) in [6.07, 6.45) is 6.02. The number of allylic oxidation sites excluding steroid dienone is 6. The maximum Gasteiger partial charge on any atom is -0.0129 e. The van der Waals surface area contributed by atoms with Crippen molar-refractivity contribution in [1.29, 1.82) is 0 Å². The largest absolute Gasteiger partial charge is 0.0991 e. The van der Waals surface area contributed by atoms with Gasteiger partial charge < -0.3 is 0 Å². The fourth-order valence-electron chi connectivity index (χ4n) is 2.60. The molecule has 112 valence electrons. The van der Waals surface area contributed by atoms with Crippen molar-refractivity contribution in [3.63, 3.8) is 0 Å². The normalized spacial score (nSPS) is 13.2. The third kappa shape index (κ3) is 4.32. The van der Waals surface area contributed by atoms with Crippen LogP contribution in [0.1, 0.15) is 51.3 Å². The molecule has 0 nitrogen and oxygen atoms in total. The average molecular weight is 280 g/mol. The van der Waals surface area contributed by atoms with Gasteiger partial charge in [0.05, 0.1) is 0 Å². The molecule has 0 heteroatoms. The summed E-state index contributed by atoms with van der Waals surface area (Å²) in [5, 5.41) is 0. The molecule has 0 bridgehead atoms. The zero-order chi connectivity index (χ0) is 16.2. The van der Waals surface area contributed by atoms with E-state index in [1.54, 1.807) is 0 Å². The fourth-order valence-corrected chi connectivity index (χ4v) is 2.60. The molecule has 0 amide bonds. The Morgan fingerprint density at radius 1 is 1.14 bits per heavy atom. The molecular formula is C21H28. The maximum atomic E-state index is 4.02. The van der Waals surface area contributed by atoms with Crippen molar-refractivity contribution in [3.05, 3.63) is 71.8 Å². The van der Waals surface area contributed by atoms with Crippen molar-refractivity contribution in [2.45, 2.75) is 41.5 Å². The van der Waals surface area contributed by atoms with Gasteiger partial charge in [0.25, 0.3) is 0 Å². The van der Waals surface area contributed by atoms with E-state index in [4.69, 9.17) is 0 Å². The van der Waals surface area contributed by atoms with Crippen LogP contribution in [0.2, 0.25) is 0 Å². The average Bonchev–Trinajstić information content (AvgIpc) is 2.37. The molecule has 0 spiro atoms. The van der Waals surface area contributed by atoms with Gasteiger partial charge in [0.1, 0.15) is 0 Å². The Hall–Kier alpha value is -1.82. The Bertz CT molecular complexity index is 601. The minimum atomic E-state index is 0.100. The molecule has 1 aromatic carbocycles. The van der Waals surface area contributed by atoms with Crippen LogP contribution in [0.5, 0.6) is 0 Å². The van der Waals surface area contributed by atoms with Crippen LogP contribution in [0.4, 0.5) is 0 Å². The first kappa shape index (κ1) is 17.2. The van der Waals surface area contributed by atoms with Gasteiger partial charge in [0, 0.05) is 0 Å². The molecule has 1 rings (SSSR count). The summed E-state index contributed by atoms with van der Waals surface area (Å²) >= 11 is 0. The second-order valence-electron chi connectivity index (χ2n) is 6.69. The van der Waals surface area contributed by atoms with Gasteiger partial charge in [-0.3, -0.25) is 0 Å². The highest BCUT2D eigenvalue weighted by molar-refractivity contribution is 5.74. The summed E-state index contributed by atoms with van der Waals surface area (Å²) in [4.78, 5) is 0. The molecule has 0 fully saturated rings. The summed E-state index contributed by atoms with van der Waals surface area (Å²) in [7, 11) is 0. The van der Waals surface area contributed by atoms with E-state index in [-0.39, 0.29) is 5.41 Å². The monoisotopic (exact) mass is 280 g/mol. The number of hydrogen-bond donors (Lipinski definition) is 0. The van der Waals surface area contributed by atoms with Crippen molar-refractivity contribution in [1.82, 2.24) is 0 Å². The molecule has 21 heavy (non-hydrogen) atoms. The second kappa shape index (κ2) is 6.76. The minimum Gasteiger partial charge on any atom is -0.0991 e. The summed E-state index contributed by atoms with van der Waals surface area (Å²) in [5.41, 5.74) is 7.68. The Balaban J connectivity index is 3.47. The Kier molecular flexibility index (Phi) is 5.54. The van der Waals surface area contributed by atoms with Crippen LogP contribution < -0.4 is 0 Å². The van der Waals surface area contributed by atoms with Gasteiger partial charge in [-0.15, -0.1) is 0 Å². The lowest BCUT2D eigenvalue weighted by Gasteiger charge is -2.24. The van der Waals surface area contributed by atoms with E-state index >= 15 is 0 Å². The minimum absolute atomic E-state index is 0.100. The Morgan fingerprint density at radius 3 is 2.19 bits per heavy atom. The second-order valence-corrected chi connectivity index (χ2v) is 6.69. The van der Waals surface area contributed by atoms with E-state index < -0.39 is 0 Å². The van der Waals surface area contributed by atoms with Gasteiger partial charge in [-0.2, -0.15) is 0 Å². The summed E-state index contributed by atoms with van der Waals surface area (Å²) in [6.45, 7) is 21.0. The highest BCUT2D eigenvalue weighted by atomic mass is 14.2. The van der Waals surface area contributed by atoms with Crippen molar-refractivity contribution in [2.75, 3.05) is 0 Å². The van der Waals surface area contributed by atoms with E-state index in [1.807, 2.05) is 19.1 Å². The number of hydrogen-bond acceptors (Lipinski definition) is 0. The van der Waals surface area contributed by atoms with Gasteiger partial charge in [-0.25, -0.2) is 0 Å². The molecule has 0 aromatic heterocycles. The lowest BCUT2D eigenvalue weighted by atomic mass is 9.80. The summed E-state index contributed by atoms with van der Waals surface area (Å²) in [5.74, 6) is 0. The topological polar surface area (TPSA) is 0 Å². The van der Waals surface area contributed by atoms with Gasteiger partial charge in [0.2, 0.25) is 0 Å². The van der Waals surface area contributed by atoms with Crippen molar-refractivity contribution < 1.29 is 0 Å². The van der Waals surface area contributed by atoms with Crippen LogP contribution >= 0.6 is 0 Å². The first-order chi connectivity index (χ1) is 9.68. The molecule has 0 unspecified atom stereocenters. The molecule has 0 N–H and O–H groups in total. The molecule has 0 aliphatic heterocycles. The Morgan fingerprint density at radius 2 is 1.76 bits per heavy atom. The highest BCUT2D eigenvalue weighted by Gasteiger charge is 2.18. The number of rotatable bonds is 4. The molecule has 1 aromatic rings. The molecule has 0 radical (unpaired) electrons. The quantitative estimate of drug-likeness (QED) is 0.546. The third-order valence-electron chi connectivity index (χ3n) is 3.73. The van der Waals surface area contributed by atoms with Crippen LogP contribution in [-0.2, 0) is 0 Å². The zero-order valence-corrected chi connectivity index (χ0v) is 14.4. The van der Waals surface area contributed by atoms with E-state index in [9.17, 15) is 0 Å². The summed E-state index contributed by atoms with van der Waals surface area (Å²) in [6, 6.07) is 6.59. The van der Waals surface area contributed by atoms with Gasteiger partial charge in [0.15, 0.2) is 0 Å². The Labute approximate surface area is 130 Å². The fraction of sp³-hybridized carbons (Fsp3) is 0.333. The molecule has 0 atom stereocenters. The van der Waals surface area contributed by atoms with Gasteiger partial charge in [-0.05, 0) is 54.0 Å². The van der Waals surface area contributed by atoms with Crippen LogP contribution in [0.15, 0.2) is 55.2 Å². The van der Waals surface area contributed by atoms with Gasteiger partial charge in [-0.1, -0.05) is 75.9 Å². The van der Waals surface area contributed by atoms with E-state index in [1.165, 1.54) is 27.8 Å². The SMILES string of the molecule is C=C/C=C\C(=C(/C)c1ccc(C(=C)C)cc1C)C(C)(C)C. The number of aryl methyl sites for hydroxylation is 1. The predicted octanol–water partition coefficient (Wildman–Crippen LogP) is 6.59. The predicted molar refractivity (Wildman–Crippen MR) is 97.3 cm³/mol. The lowest BCUT2D eigenvalue weighted by molar-refractivity contribution is 0.518. The van der Waals surface area contributed by atoms with Gasteiger partial charge >= 0.3 is 0 Å². The van der Waals surface area contributed by atoms with Crippen LogP contribution in [0.3, 0.4) is 0 Å². The summed E-state index contributed by atoms with van der Waals surface area (Å²) < 4.78 is 0. The van der Waals surface area contributed by atoms with Crippen LogP contribution in [0.25, 0.3) is 11.1 Å². The molecule has 0 aliphatic carbocycles. The van der Waals surface area contributed by atoms with Crippen molar-refractivity contribution >= 4 is 11.1 Å². The maximum absolute atomic E-state index is 4.02. The molecule has 0 saturated heterocycles. The van der Waals surface area contributed by atoms with E-state index in [0.717, 1.165) is 5.57 Å². The smallest absolute Gasteiger partial charge is 0.0129 e. The third-order valence-corrected chi connectivity index (χ3v) is 3.73. The molecule has 0 aliphatic rings. The van der Waals surface area contributed by atoms with Crippen LogP contribution in [-0.4, -0.2) is 0 Å². The highest BCUT2D eigenvalue weighted by Crippen LogP contribution is 2.35. The molecule has 0 heterocycles. The molecule has 0 saturated carbocycles. The first-order valence-electron chi connectivity index (χ1n) is 7.46. The standard InChI is InChI=1S/C21H28/c1-9-10-11-20(21(6,7)8)17(5)19-13-12-18(15(2)3)14-16(19)4/h9-14H,1-2H2,3-8H3/b11-10-,20-17-. The van der Waals surface area contributed by atoms with E-state index in [0.29, 0.717) is 0 Å². The van der Waals surface area contributed by atoms with Crippen molar-refractivity contribution in [2.24, 2.45) is 5.41 Å².